The molecule has 0 bridgehead atoms. The third-order valence-corrected chi connectivity index (χ3v) is 7.71. The number of anilines is 1. The van der Waals surface area contributed by atoms with Crippen molar-refractivity contribution in [2.24, 2.45) is 0 Å². The second-order valence-electron chi connectivity index (χ2n) is 7.38. The van der Waals surface area contributed by atoms with Gasteiger partial charge >= 0.3 is 0 Å². The molecule has 0 atom stereocenters. The summed E-state index contributed by atoms with van der Waals surface area (Å²) in [5.41, 5.74) is 2.24. The van der Waals surface area contributed by atoms with Crippen molar-refractivity contribution in [3.63, 3.8) is 0 Å². The molecule has 1 N–H and O–H groups in total. The highest BCUT2D eigenvalue weighted by Gasteiger charge is 2.36. The number of halogens is 3. The van der Waals surface area contributed by atoms with E-state index in [4.69, 9.17) is 16.3 Å². The first-order valence-corrected chi connectivity index (χ1v) is 13.6. The molecule has 35 heavy (non-hydrogen) atoms. The van der Waals surface area contributed by atoms with E-state index in [-0.39, 0.29) is 4.91 Å². The summed E-state index contributed by atoms with van der Waals surface area (Å²) in [6.07, 6.45) is 1.65. The topological polar surface area (TPSA) is 75.7 Å². The van der Waals surface area contributed by atoms with Gasteiger partial charge in [0.2, 0.25) is 5.91 Å². The van der Waals surface area contributed by atoms with Crippen LogP contribution in [0.2, 0.25) is 5.02 Å². The maximum absolute atomic E-state index is 12.9. The summed E-state index contributed by atoms with van der Waals surface area (Å²) in [7, 11) is 0. The van der Waals surface area contributed by atoms with Crippen LogP contribution in [-0.4, -0.2) is 28.5 Å². The maximum Gasteiger partial charge on any atom is 0.294 e. The molecule has 0 radical (unpaired) electrons. The standard InChI is InChI=1S/C25H17ClI2N2O4S/c26-17-8-4-5-9-20(17)29-22(31)13-30-24(32)21(35-25(30)33)12-16-10-18(27)23(19(28)11-16)34-14-15-6-2-1-3-7-15/h1-12H,13-14H2,(H,29,31)/b21-12+. The summed E-state index contributed by atoms with van der Waals surface area (Å²) in [4.78, 5) is 38.9. The van der Waals surface area contributed by atoms with E-state index < -0.39 is 23.6 Å². The molecule has 0 spiro atoms. The lowest BCUT2D eigenvalue weighted by atomic mass is 10.2. The van der Waals surface area contributed by atoms with Crippen LogP contribution in [0.4, 0.5) is 10.5 Å². The summed E-state index contributed by atoms with van der Waals surface area (Å²) >= 11 is 11.2. The Morgan fingerprint density at radius 3 is 2.37 bits per heavy atom. The van der Waals surface area contributed by atoms with E-state index in [0.717, 1.165) is 40.7 Å². The van der Waals surface area contributed by atoms with Gasteiger partial charge in [-0.3, -0.25) is 19.3 Å². The number of hydrogen-bond donors (Lipinski definition) is 1. The second kappa shape index (κ2) is 11.8. The van der Waals surface area contributed by atoms with Gasteiger partial charge in [-0.25, -0.2) is 0 Å². The maximum atomic E-state index is 12.9. The van der Waals surface area contributed by atoms with Crippen molar-refractivity contribution in [2.75, 3.05) is 11.9 Å². The van der Waals surface area contributed by atoms with Gasteiger partial charge in [0.05, 0.1) is 22.8 Å². The molecule has 1 fully saturated rings. The molecule has 3 aromatic rings. The Labute approximate surface area is 238 Å². The molecule has 0 aromatic heterocycles. The van der Waals surface area contributed by atoms with Crippen molar-refractivity contribution in [3.8, 4) is 5.75 Å². The predicted molar refractivity (Wildman–Crippen MR) is 155 cm³/mol. The van der Waals surface area contributed by atoms with Gasteiger partial charge in [0.1, 0.15) is 18.9 Å². The van der Waals surface area contributed by atoms with Crippen LogP contribution in [0.1, 0.15) is 11.1 Å². The highest BCUT2D eigenvalue weighted by Crippen LogP contribution is 2.35. The van der Waals surface area contributed by atoms with Crippen molar-refractivity contribution in [2.45, 2.75) is 6.61 Å². The third kappa shape index (κ3) is 6.57. The fourth-order valence-electron chi connectivity index (χ4n) is 3.21. The van der Waals surface area contributed by atoms with Crippen LogP contribution in [0.15, 0.2) is 71.6 Å². The van der Waals surface area contributed by atoms with Gasteiger partial charge in [0.25, 0.3) is 11.1 Å². The normalized spacial score (nSPS) is 14.5. The van der Waals surface area contributed by atoms with Gasteiger partial charge in [-0.2, -0.15) is 0 Å². The van der Waals surface area contributed by atoms with Crippen LogP contribution in [-0.2, 0) is 16.2 Å². The quantitative estimate of drug-likeness (QED) is 0.214. The van der Waals surface area contributed by atoms with Crippen molar-refractivity contribution < 1.29 is 19.1 Å². The number of para-hydroxylation sites is 1. The van der Waals surface area contributed by atoms with Crippen LogP contribution in [0.3, 0.4) is 0 Å². The monoisotopic (exact) mass is 730 g/mol. The van der Waals surface area contributed by atoms with Gasteiger partial charge in [-0.15, -0.1) is 0 Å². The number of benzene rings is 3. The summed E-state index contributed by atoms with van der Waals surface area (Å²) < 4.78 is 7.78. The molecule has 3 aromatic carbocycles. The Bertz CT molecular complexity index is 1310. The molecule has 0 unspecified atom stereocenters. The van der Waals surface area contributed by atoms with E-state index in [1.807, 2.05) is 42.5 Å². The average molecular weight is 731 g/mol. The lowest BCUT2D eigenvalue weighted by Crippen LogP contribution is -2.36. The van der Waals surface area contributed by atoms with Gasteiger partial charge in [-0.05, 0) is 98.4 Å². The molecule has 6 nitrogen and oxygen atoms in total. The Kier molecular flexibility index (Phi) is 8.73. The lowest BCUT2D eigenvalue weighted by Gasteiger charge is -2.13. The number of imide groups is 1. The Morgan fingerprint density at radius 1 is 1.03 bits per heavy atom. The molecular formula is C25H17ClI2N2O4S. The second-order valence-corrected chi connectivity index (χ2v) is 11.1. The minimum absolute atomic E-state index is 0.255. The first kappa shape index (κ1) is 26.0. The van der Waals surface area contributed by atoms with Crippen LogP contribution >= 0.6 is 68.5 Å². The van der Waals surface area contributed by atoms with E-state index in [0.29, 0.717) is 17.3 Å². The number of ether oxygens (including phenoxy) is 1. The molecular weight excluding hydrogens is 714 g/mol. The lowest BCUT2D eigenvalue weighted by molar-refractivity contribution is -0.127. The van der Waals surface area contributed by atoms with Crippen molar-refractivity contribution >= 4 is 97.4 Å². The largest absolute Gasteiger partial charge is 0.487 e. The van der Waals surface area contributed by atoms with Crippen molar-refractivity contribution in [1.29, 1.82) is 0 Å². The molecule has 0 aliphatic carbocycles. The summed E-state index contributed by atoms with van der Waals surface area (Å²) in [6.45, 7) is 0.0515. The smallest absolute Gasteiger partial charge is 0.294 e. The molecule has 4 rings (SSSR count). The summed E-state index contributed by atoms with van der Waals surface area (Å²) in [5.74, 6) is -0.258. The van der Waals surface area contributed by atoms with E-state index in [9.17, 15) is 14.4 Å². The highest BCUT2D eigenvalue weighted by atomic mass is 127. The van der Waals surface area contributed by atoms with E-state index in [1.165, 1.54) is 0 Å². The zero-order chi connectivity index (χ0) is 24.9. The number of amides is 3. The summed E-state index contributed by atoms with van der Waals surface area (Å²) in [6, 6.07) is 20.4. The molecule has 1 saturated heterocycles. The fourth-order valence-corrected chi connectivity index (χ4v) is 6.36. The number of hydrogen-bond acceptors (Lipinski definition) is 5. The number of rotatable bonds is 7. The zero-order valence-corrected chi connectivity index (χ0v) is 23.9. The number of nitrogens with zero attached hydrogens (tertiary/aromatic N) is 1. The molecule has 10 heteroatoms. The predicted octanol–water partition coefficient (Wildman–Crippen LogP) is 6.80. The van der Waals surface area contributed by atoms with Gasteiger partial charge < -0.3 is 10.1 Å². The third-order valence-electron chi connectivity index (χ3n) is 4.87. The van der Waals surface area contributed by atoms with E-state index >= 15 is 0 Å². The van der Waals surface area contributed by atoms with Gasteiger partial charge in [0.15, 0.2) is 0 Å². The van der Waals surface area contributed by atoms with Crippen molar-refractivity contribution in [3.05, 3.63) is 94.9 Å². The number of nitrogens with one attached hydrogen (secondary N) is 1. The Hall–Kier alpha value is -2.09. The number of carbonyl (C=O) groups excluding carboxylic acids is 3. The first-order chi connectivity index (χ1) is 16.8. The Morgan fingerprint density at radius 2 is 1.69 bits per heavy atom. The van der Waals surface area contributed by atoms with E-state index in [2.05, 4.69) is 50.5 Å². The number of carbonyl (C=O) groups is 3. The van der Waals surface area contributed by atoms with Gasteiger partial charge in [-0.1, -0.05) is 54.1 Å². The molecule has 178 valence electrons. The molecule has 3 amide bonds. The molecule has 1 aliphatic heterocycles. The SMILES string of the molecule is O=C(CN1C(=O)S/C(=C/c2cc(I)c(OCc3ccccc3)c(I)c2)C1=O)Nc1ccccc1Cl. The molecule has 1 heterocycles. The van der Waals surface area contributed by atoms with Crippen molar-refractivity contribution in [1.82, 2.24) is 4.90 Å². The fraction of sp³-hybridized carbons (Fsp3) is 0.0800. The summed E-state index contributed by atoms with van der Waals surface area (Å²) in [5, 5.41) is 2.50. The minimum atomic E-state index is -0.510. The van der Waals surface area contributed by atoms with Crippen LogP contribution in [0, 0.1) is 7.14 Å². The minimum Gasteiger partial charge on any atom is -0.487 e. The Balaban J connectivity index is 1.44. The average Bonchev–Trinajstić information content (AvgIpc) is 3.08. The van der Waals surface area contributed by atoms with E-state index in [1.54, 1.807) is 30.3 Å². The van der Waals surface area contributed by atoms with Crippen LogP contribution in [0.25, 0.3) is 6.08 Å². The van der Waals surface area contributed by atoms with Crippen LogP contribution in [0.5, 0.6) is 5.75 Å². The number of thioether (sulfide) groups is 1. The molecule has 1 aliphatic rings. The van der Waals surface area contributed by atoms with Crippen LogP contribution < -0.4 is 10.1 Å². The first-order valence-electron chi connectivity index (χ1n) is 10.3. The zero-order valence-electron chi connectivity index (χ0n) is 18.0. The van der Waals surface area contributed by atoms with Gasteiger partial charge in [0, 0.05) is 0 Å². The molecule has 0 saturated carbocycles. The highest BCUT2D eigenvalue weighted by molar-refractivity contribution is 14.1.